The molecule has 2 aliphatic carbocycles. The van der Waals surface area contributed by atoms with Crippen LogP contribution in [0.1, 0.15) is 55.8 Å². The van der Waals surface area contributed by atoms with Crippen LogP contribution in [0.4, 0.5) is 35.1 Å². The van der Waals surface area contributed by atoms with Crippen LogP contribution < -0.4 is 0 Å². The number of aryl methyl sites for hydroxylation is 1. The number of alkyl halides is 7. The lowest BCUT2D eigenvalue weighted by Crippen LogP contribution is -2.54. The van der Waals surface area contributed by atoms with Gasteiger partial charge in [0.25, 0.3) is 0 Å². The zero-order chi connectivity index (χ0) is 34.0. The third kappa shape index (κ3) is 5.05. The molecule has 16 heteroatoms. The summed E-state index contributed by atoms with van der Waals surface area (Å²) in [6.07, 6.45) is -12.6. The van der Waals surface area contributed by atoms with Crippen LogP contribution in [0.2, 0.25) is 0 Å². The normalized spacial score (nSPS) is 27.1. The molecule has 1 saturated heterocycles. The number of benzene rings is 1. The maximum Gasteiger partial charge on any atom is 0.436 e. The summed E-state index contributed by atoms with van der Waals surface area (Å²) in [5, 5.41) is 0. The lowest BCUT2D eigenvalue weighted by Gasteiger charge is -2.43. The molecule has 1 aromatic carbocycles. The van der Waals surface area contributed by atoms with Crippen molar-refractivity contribution < 1.29 is 57.9 Å². The molecule has 2 aromatic rings. The van der Waals surface area contributed by atoms with Gasteiger partial charge in [-0.2, -0.15) is 26.3 Å². The first kappa shape index (κ1) is 34.0. The number of carbonyl (C=O) groups is 2. The number of sulfone groups is 1. The highest BCUT2D eigenvalue weighted by Crippen LogP contribution is 2.56. The summed E-state index contributed by atoms with van der Waals surface area (Å²) < 4.78 is 142. The summed E-state index contributed by atoms with van der Waals surface area (Å²) in [5.74, 6) is -2.91. The van der Waals surface area contributed by atoms with Gasteiger partial charge in [-0.05, 0) is 80.3 Å². The first-order chi connectivity index (χ1) is 21.3. The number of amides is 1. The van der Waals surface area contributed by atoms with Gasteiger partial charge < -0.3 is 9.64 Å². The topological polar surface area (TPSA) is 93.6 Å². The molecule has 0 bridgehead atoms. The summed E-state index contributed by atoms with van der Waals surface area (Å²) in [5.41, 5.74) is -8.35. The number of nitrogens with zero attached hydrogens (tertiary/aromatic N) is 2. The van der Waals surface area contributed by atoms with Crippen molar-refractivity contribution in [1.29, 1.82) is 0 Å². The molecule has 0 spiro atoms. The number of ether oxygens (including phenoxy) is 1. The second-order valence-electron chi connectivity index (χ2n) is 12.2. The van der Waals surface area contributed by atoms with Crippen molar-refractivity contribution in [3.05, 3.63) is 59.2 Å². The van der Waals surface area contributed by atoms with Gasteiger partial charge in [-0.15, -0.1) is 0 Å². The second kappa shape index (κ2) is 11.4. The maximum atomic E-state index is 15.0. The Morgan fingerprint density at radius 2 is 1.63 bits per heavy atom. The summed E-state index contributed by atoms with van der Waals surface area (Å²) in [7, 11) is -3.39. The van der Waals surface area contributed by atoms with Crippen LogP contribution >= 0.6 is 0 Å². The predicted molar refractivity (Wildman–Crippen MR) is 145 cm³/mol. The fraction of sp³-hybridized carbons (Fsp3) is 0.567. The van der Waals surface area contributed by atoms with Gasteiger partial charge in [0.05, 0.1) is 29.7 Å². The van der Waals surface area contributed by atoms with E-state index in [0.29, 0.717) is 25.3 Å². The summed E-state index contributed by atoms with van der Waals surface area (Å²) >= 11 is 0. The molecule has 2 unspecified atom stereocenters. The fourth-order valence-electron chi connectivity index (χ4n) is 7.46. The van der Waals surface area contributed by atoms with Crippen molar-refractivity contribution in [3.63, 3.8) is 0 Å². The van der Waals surface area contributed by atoms with Crippen molar-refractivity contribution in [2.75, 3.05) is 13.7 Å². The van der Waals surface area contributed by atoms with Gasteiger partial charge >= 0.3 is 24.0 Å². The van der Waals surface area contributed by atoms with Crippen molar-refractivity contribution in [2.24, 2.45) is 17.8 Å². The average molecular weight is 683 g/mol. The third-order valence-corrected chi connectivity index (χ3v) is 12.3. The Balaban J connectivity index is 1.61. The number of fused-ring (bicyclic) bond motifs is 3. The molecule has 1 saturated carbocycles. The van der Waals surface area contributed by atoms with Crippen LogP contribution in [0.15, 0.2) is 41.4 Å². The summed E-state index contributed by atoms with van der Waals surface area (Å²) in [4.78, 5) is 30.9. The Hall–Kier alpha value is -3.30. The van der Waals surface area contributed by atoms with Gasteiger partial charge in [-0.3, -0.25) is 14.6 Å². The first-order valence-electron chi connectivity index (χ1n) is 14.5. The molecule has 5 rings (SSSR count). The molecule has 1 amide bonds. The van der Waals surface area contributed by atoms with Crippen LogP contribution in [0.3, 0.4) is 0 Å². The minimum Gasteiger partial charge on any atom is -0.469 e. The number of hydrogen-bond acceptors (Lipinski definition) is 6. The van der Waals surface area contributed by atoms with Crippen molar-refractivity contribution >= 4 is 21.7 Å². The Morgan fingerprint density at radius 3 is 2.20 bits per heavy atom. The molecule has 46 heavy (non-hydrogen) atoms. The Kier molecular flexibility index (Phi) is 8.47. The Bertz CT molecular complexity index is 1620. The van der Waals surface area contributed by atoms with Crippen LogP contribution in [-0.4, -0.2) is 62.2 Å². The fourth-order valence-corrected chi connectivity index (χ4v) is 9.78. The minimum atomic E-state index is -6.41. The van der Waals surface area contributed by atoms with Crippen molar-refractivity contribution in [3.8, 4) is 0 Å². The second-order valence-corrected chi connectivity index (χ2v) is 14.4. The van der Waals surface area contributed by atoms with Crippen LogP contribution in [0.5, 0.6) is 0 Å². The zero-order valence-corrected chi connectivity index (χ0v) is 25.4. The van der Waals surface area contributed by atoms with Crippen LogP contribution in [0.25, 0.3) is 0 Å². The van der Waals surface area contributed by atoms with E-state index in [1.54, 1.807) is 6.92 Å². The average Bonchev–Trinajstić information content (AvgIpc) is 3.40. The number of carbonyl (C=O) groups excluding carboxylic acids is 2. The van der Waals surface area contributed by atoms with Crippen molar-refractivity contribution in [1.82, 2.24) is 9.88 Å². The minimum absolute atomic E-state index is 0.0464. The molecular weight excluding hydrogens is 652 g/mol. The molecule has 2 fully saturated rings. The molecule has 1 aliphatic heterocycles. The number of likely N-dealkylation sites (tertiary alicyclic amines) is 1. The highest BCUT2D eigenvalue weighted by Gasteiger charge is 2.74. The summed E-state index contributed by atoms with van der Waals surface area (Å²) in [6, 6.07) is 2.90. The van der Waals surface area contributed by atoms with E-state index in [0.717, 1.165) is 24.3 Å². The van der Waals surface area contributed by atoms with E-state index in [9.17, 15) is 53.1 Å². The molecule has 5 atom stereocenters. The maximum absolute atomic E-state index is 15.0. The van der Waals surface area contributed by atoms with Gasteiger partial charge in [0.2, 0.25) is 5.91 Å². The lowest BCUT2D eigenvalue weighted by atomic mass is 9.74. The van der Waals surface area contributed by atoms with Gasteiger partial charge in [0.1, 0.15) is 10.6 Å². The van der Waals surface area contributed by atoms with E-state index in [1.165, 1.54) is 12.0 Å². The van der Waals surface area contributed by atoms with E-state index >= 15 is 0 Å². The molecule has 0 N–H and O–H groups in total. The van der Waals surface area contributed by atoms with E-state index in [4.69, 9.17) is 4.74 Å². The predicted octanol–water partition coefficient (Wildman–Crippen LogP) is 5.95. The van der Waals surface area contributed by atoms with Gasteiger partial charge in [0, 0.05) is 24.2 Å². The zero-order valence-electron chi connectivity index (χ0n) is 24.6. The molecule has 7 nitrogen and oxygen atoms in total. The van der Waals surface area contributed by atoms with E-state index in [2.05, 4.69) is 4.98 Å². The largest absolute Gasteiger partial charge is 0.469 e. The SMILES string of the molecule is COC(=O)[C@@H]1CC[C@@H](C(=O)N2CCC3(S(=O)(=O)c4ccc(F)cc4)c4ncc(C(F)(C(F)(F)F)C(F)(F)F)cc4CCC23)[C@@H](C)C1. The van der Waals surface area contributed by atoms with E-state index in [1.807, 2.05) is 0 Å². The number of pyridine rings is 1. The van der Waals surface area contributed by atoms with Crippen molar-refractivity contribution in [2.45, 2.75) is 79.2 Å². The number of methoxy groups -OCH3 is 1. The monoisotopic (exact) mass is 682 g/mol. The van der Waals surface area contributed by atoms with Crippen LogP contribution in [-0.2, 0) is 41.0 Å². The molecule has 0 radical (unpaired) electrons. The van der Waals surface area contributed by atoms with Gasteiger partial charge in [-0.1, -0.05) is 6.92 Å². The number of hydrogen-bond donors (Lipinski definition) is 0. The molecular formula is C30H30F8N2O5S. The quantitative estimate of drug-likeness (QED) is 0.220. The van der Waals surface area contributed by atoms with E-state index in [-0.39, 0.29) is 49.2 Å². The third-order valence-electron chi connectivity index (χ3n) is 9.78. The first-order valence-corrected chi connectivity index (χ1v) is 16.0. The summed E-state index contributed by atoms with van der Waals surface area (Å²) in [6.45, 7) is 1.63. The number of halogens is 8. The number of esters is 1. The van der Waals surface area contributed by atoms with Gasteiger partial charge in [0.15, 0.2) is 9.84 Å². The molecule has 252 valence electrons. The smallest absolute Gasteiger partial charge is 0.436 e. The molecule has 3 aliphatic rings. The number of aromatic nitrogens is 1. The Morgan fingerprint density at radius 1 is 1.00 bits per heavy atom. The lowest BCUT2D eigenvalue weighted by molar-refractivity contribution is -0.348. The number of rotatable bonds is 5. The highest BCUT2D eigenvalue weighted by atomic mass is 32.2. The van der Waals surface area contributed by atoms with Crippen LogP contribution in [0, 0.1) is 23.6 Å². The molecule has 1 aromatic heterocycles. The van der Waals surface area contributed by atoms with E-state index < -0.39 is 78.6 Å². The highest BCUT2D eigenvalue weighted by molar-refractivity contribution is 7.92. The Labute approximate surface area is 259 Å². The standard InChI is InChI=1S/C30H30F8N2O5S/c1-16-13-18(26(42)45-2)3-9-22(16)25(41)40-12-11-27(46(43,44)21-7-5-20(31)6-8-21)23(40)10-4-17-14-19(15-39-24(17)27)28(32,29(33,34)35)30(36,37)38/h5-8,14-16,18,22-23H,3-4,9-13H2,1-2H3/t16-,18+,22+,23?,27?/m0/s1. The molecule has 2 heterocycles. The van der Waals surface area contributed by atoms with Gasteiger partial charge in [-0.25, -0.2) is 17.2 Å².